The molecule has 0 rings (SSSR count). The first-order valence-corrected chi connectivity index (χ1v) is 12.1. The quantitative estimate of drug-likeness (QED) is 0.279. The number of hydrogen-bond donors (Lipinski definition) is 2. The summed E-state index contributed by atoms with van der Waals surface area (Å²) in [7, 11) is 2.13. The molecule has 0 radical (unpaired) electrons. The van der Waals surface area contributed by atoms with Crippen molar-refractivity contribution in [3.05, 3.63) is 0 Å². The first-order valence-electron chi connectivity index (χ1n) is 12.1. The van der Waals surface area contributed by atoms with Gasteiger partial charge in [0.1, 0.15) is 0 Å². The van der Waals surface area contributed by atoms with Crippen molar-refractivity contribution in [2.45, 2.75) is 131 Å². The summed E-state index contributed by atoms with van der Waals surface area (Å²) in [5.74, 6) is 2.46. The summed E-state index contributed by atoms with van der Waals surface area (Å²) in [6.07, 6.45) is 14.7. The zero-order chi connectivity index (χ0) is 20.9. The standard InChI is InChI=1S/C24H53BN2/c1-9-13-21(11-3)18-22(25(7)26)17-16-20(10-2)14-12-15-23(27-8)19-24(4,5)6/h20-23,27H,9-19,26H2,1-8H3. The molecule has 27 heavy (non-hydrogen) atoms. The Balaban J connectivity index is 4.39. The van der Waals surface area contributed by atoms with Crippen molar-refractivity contribution in [3.8, 4) is 0 Å². The summed E-state index contributed by atoms with van der Waals surface area (Å²) in [6.45, 7) is 16.7. The monoisotopic (exact) mass is 380 g/mol. The lowest BCUT2D eigenvalue weighted by atomic mass is 9.51. The van der Waals surface area contributed by atoms with Gasteiger partial charge in [0.25, 0.3) is 0 Å². The lowest BCUT2D eigenvalue weighted by Gasteiger charge is -2.27. The van der Waals surface area contributed by atoms with Crippen molar-refractivity contribution < 1.29 is 0 Å². The Bertz CT molecular complexity index is 338. The lowest BCUT2D eigenvalue weighted by Crippen LogP contribution is -2.30. The third-order valence-corrected chi connectivity index (χ3v) is 6.61. The highest BCUT2D eigenvalue weighted by molar-refractivity contribution is 6.55. The van der Waals surface area contributed by atoms with Gasteiger partial charge in [-0.25, -0.2) is 0 Å². The molecule has 0 aromatic rings. The van der Waals surface area contributed by atoms with E-state index in [9.17, 15) is 0 Å². The van der Waals surface area contributed by atoms with Crippen LogP contribution in [-0.2, 0) is 0 Å². The average Bonchev–Trinajstić information content (AvgIpc) is 2.60. The highest BCUT2D eigenvalue weighted by Crippen LogP contribution is 2.32. The molecule has 162 valence electrons. The van der Waals surface area contributed by atoms with Crippen LogP contribution in [0.4, 0.5) is 0 Å². The van der Waals surface area contributed by atoms with Gasteiger partial charge in [-0.2, -0.15) is 0 Å². The van der Waals surface area contributed by atoms with E-state index in [1.807, 2.05) is 0 Å². The minimum absolute atomic E-state index is 0.342. The van der Waals surface area contributed by atoms with Gasteiger partial charge < -0.3 is 11.0 Å². The Hall–Kier alpha value is -0.0151. The Morgan fingerprint density at radius 2 is 1.52 bits per heavy atom. The van der Waals surface area contributed by atoms with Gasteiger partial charge in [0.15, 0.2) is 0 Å². The number of hydrogen-bond acceptors (Lipinski definition) is 2. The molecular weight excluding hydrogens is 327 g/mol. The molecule has 0 aromatic heterocycles. The Morgan fingerprint density at radius 3 is 1.96 bits per heavy atom. The van der Waals surface area contributed by atoms with Crippen LogP contribution in [0.2, 0.25) is 12.6 Å². The first kappa shape index (κ1) is 27.0. The summed E-state index contributed by atoms with van der Waals surface area (Å²) in [5.41, 5.74) is 6.79. The summed E-state index contributed by atoms with van der Waals surface area (Å²) < 4.78 is 0. The van der Waals surface area contributed by atoms with Crippen LogP contribution in [0.1, 0.15) is 112 Å². The number of rotatable bonds is 16. The van der Waals surface area contributed by atoms with Crippen LogP contribution < -0.4 is 11.0 Å². The molecule has 0 spiro atoms. The molecule has 0 aliphatic heterocycles. The van der Waals surface area contributed by atoms with Gasteiger partial charge in [0.05, 0.1) is 0 Å². The Labute approximate surface area is 173 Å². The summed E-state index contributed by atoms with van der Waals surface area (Å²) in [4.78, 5) is 0. The predicted octanol–water partition coefficient (Wildman–Crippen LogP) is 7.15. The maximum absolute atomic E-state index is 6.37. The van der Waals surface area contributed by atoms with Crippen LogP contribution in [0, 0.1) is 17.3 Å². The van der Waals surface area contributed by atoms with Crippen LogP contribution in [0.15, 0.2) is 0 Å². The predicted molar refractivity (Wildman–Crippen MR) is 127 cm³/mol. The smallest absolute Gasteiger partial charge is 0.217 e. The molecule has 0 amide bonds. The minimum atomic E-state index is 0.342. The van der Waals surface area contributed by atoms with Gasteiger partial charge in [0, 0.05) is 6.04 Å². The van der Waals surface area contributed by atoms with E-state index in [-0.39, 0.29) is 0 Å². The molecule has 0 aromatic carbocycles. The highest BCUT2D eigenvalue weighted by atomic mass is 14.9. The second-order valence-corrected chi connectivity index (χ2v) is 10.5. The second-order valence-electron chi connectivity index (χ2n) is 10.5. The maximum Gasteiger partial charge on any atom is 0.217 e. The van der Waals surface area contributed by atoms with Crippen LogP contribution in [-0.4, -0.2) is 19.9 Å². The molecule has 0 fully saturated rings. The van der Waals surface area contributed by atoms with E-state index in [0.717, 1.165) is 11.8 Å². The third-order valence-electron chi connectivity index (χ3n) is 6.61. The summed E-state index contributed by atoms with van der Waals surface area (Å²) >= 11 is 0. The molecule has 4 atom stereocenters. The van der Waals surface area contributed by atoms with Crippen LogP contribution in [0.3, 0.4) is 0 Å². The van der Waals surface area contributed by atoms with Crippen LogP contribution in [0.5, 0.6) is 0 Å². The van der Waals surface area contributed by atoms with E-state index in [1.54, 1.807) is 0 Å². The molecule has 0 bridgehead atoms. The minimum Gasteiger partial charge on any atom is -0.370 e. The lowest BCUT2D eigenvalue weighted by molar-refractivity contribution is 0.294. The van der Waals surface area contributed by atoms with Crippen molar-refractivity contribution in [1.29, 1.82) is 0 Å². The van der Waals surface area contributed by atoms with E-state index in [2.05, 4.69) is 60.7 Å². The van der Waals surface area contributed by atoms with Gasteiger partial charge in [-0.3, -0.25) is 0 Å². The zero-order valence-corrected chi connectivity index (χ0v) is 20.2. The SMILES string of the molecule is CCCC(CC)CC(CCC(CC)CCCC(CC(C)(C)C)NC)B(C)N. The van der Waals surface area contributed by atoms with E-state index < -0.39 is 0 Å². The van der Waals surface area contributed by atoms with Crippen molar-refractivity contribution in [2.24, 2.45) is 22.9 Å². The molecule has 0 saturated carbocycles. The van der Waals surface area contributed by atoms with Crippen LogP contribution in [0.25, 0.3) is 0 Å². The summed E-state index contributed by atoms with van der Waals surface area (Å²) in [5, 5.41) is 3.54. The van der Waals surface area contributed by atoms with Crippen molar-refractivity contribution >= 4 is 6.85 Å². The molecular formula is C24H53BN2. The normalized spacial score (nSPS) is 16.8. The molecule has 4 unspecified atom stereocenters. The van der Waals surface area contributed by atoms with Crippen LogP contribution >= 0.6 is 0 Å². The van der Waals surface area contributed by atoms with E-state index >= 15 is 0 Å². The fraction of sp³-hybridized carbons (Fsp3) is 1.00. The molecule has 0 aliphatic rings. The molecule has 0 saturated heterocycles. The Morgan fingerprint density at radius 1 is 0.889 bits per heavy atom. The van der Waals surface area contributed by atoms with E-state index in [0.29, 0.717) is 24.1 Å². The molecule has 2 nitrogen and oxygen atoms in total. The van der Waals surface area contributed by atoms with Gasteiger partial charge in [0.2, 0.25) is 6.85 Å². The highest BCUT2D eigenvalue weighted by Gasteiger charge is 2.23. The molecule has 3 N–H and O–H groups in total. The maximum atomic E-state index is 6.37. The van der Waals surface area contributed by atoms with Gasteiger partial charge in [-0.15, -0.1) is 0 Å². The van der Waals surface area contributed by atoms with Gasteiger partial charge >= 0.3 is 0 Å². The summed E-state index contributed by atoms with van der Waals surface area (Å²) in [6, 6.07) is 0.665. The van der Waals surface area contributed by atoms with Crippen molar-refractivity contribution in [1.82, 2.24) is 5.32 Å². The van der Waals surface area contributed by atoms with E-state index in [1.165, 1.54) is 70.6 Å². The largest absolute Gasteiger partial charge is 0.370 e. The number of nitrogens with one attached hydrogen (secondary N) is 1. The third kappa shape index (κ3) is 13.7. The first-order chi connectivity index (χ1) is 12.7. The molecule has 0 aliphatic carbocycles. The number of nitrogens with two attached hydrogens (primary N) is 1. The average molecular weight is 381 g/mol. The van der Waals surface area contributed by atoms with E-state index in [4.69, 9.17) is 5.64 Å². The van der Waals surface area contributed by atoms with Crippen molar-refractivity contribution in [2.75, 3.05) is 7.05 Å². The fourth-order valence-corrected chi connectivity index (χ4v) is 4.66. The zero-order valence-electron chi connectivity index (χ0n) is 20.2. The second kappa shape index (κ2) is 14.9. The molecule has 3 heteroatoms. The molecule has 0 heterocycles. The topological polar surface area (TPSA) is 38.0 Å². The van der Waals surface area contributed by atoms with Gasteiger partial charge in [-0.1, -0.05) is 106 Å². The fourth-order valence-electron chi connectivity index (χ4n) is 4.66. The van der Waals surface area contributed by atoms with Gasteiger partial charge in [-0.05, 0) is 43.0 Å². The van der Waals surface area contributed by atoms with Crippen molar-refractivity contribution in [3.63, 3.8) is 0 Å². The Kier molecular flexibility index (Phi) is 14.9.